The third kappa shape index (κ3) is 4.39. The largest absolute Gasteiger partial charge is 0.478 e. The molecule has 0 radical (unpaired) electrons. The Morgan fingerprint density at radius 1 is 1.13 bits per heavy atom. The Bertz CT molecular complexity index is 1110. The molecule has 1 fully saturated rings. The van der Waals surface area contributed by atoms with Crippen LogP contribution in [0.3, 0.4) is 0 Å². The first-order valence-electron chi connectivity index (χ1n) is 10.0. The van der Waals surface area contributed by atoms with Gasteiger partial charge in [0.1, 0.15) is 0 Å². The second-order valence-corrected chi connectivity index (χ2v) is 8.57. The van der Waals surface area contributed by atoms with Gasteiger partial charge in [-0.05, 0) is 61.1 Å². The van der Waals surface area contributed by atoms with E-state index < -0.39 is 5.97 Å². The van der Waals surface area contributed by atoms with E-state index in [-0.39, 0.29) is 23.5 Å². The molecule has 160 valence electrons. The lowest BCUT2D eigenvalue weighted by atomic mass is 9.86. The van der Waals surface area contributed by atoms with E-state index >= 15 is 0 Å². The number of amides is 2. The Hall–Kier alpha value is -3.39. The smallest absolute Gasteiger partial charge is 0.335 e. The average Bonchev–Trinajstić information content (AvgIpc) is 3.43. The molecule has 4 rings (SSSR count). The van der Waals surface area contributed by atoms with Crippen molar-refractivity contribution in [2.75, 3.05) is 18.4 Å². The molecule has 7 nitrogen and oxygen atoms in total. The fourth-order valence-electron chi connectivity index (χ4n) is 3.92. The van der Waals surface area contributed by atoms with E-state index in [9.17, 15) is 19.5 Å². The van der Waals surface area contributed by atoms with E-state index in [0.29, 0.717) is 41.4 Å². The first-order valence-corrected chi connectivity index (χ1v) is 10.8. The number of hydrogen-bond acceptors (Lipinski definition) is 5. The SMILES string of the molecule is Cc1cc(NC(=O)c2ccco2)sc1C(=O)N1CCC(c2ccccc2C(=O)O)CC1. The van der Waals surface area contributed by atoms with E-state index in [4.69, 9.17) is 4.42 Å². The summed E-state index contributed by atoms with van der Waals surface area (Å²) in [4.78, 5) is 39.2. The maximum absolute atomic E-state index is 13.1. The van der Waals surface area contributed by atoms with Crippen LogP contribution in [0.4, 0.5) is 5.00 Å². The van der Waals surface area contributed by atoms with Gasteiger partial charge in [-0.1, -0.05) is 18.2 Å². The molecular weight excluding hydrogens is 416 g/mol. The van der Waals surface area contributed by atoms with E-state index in [2.05, 4.69) is 5.32 Å². The molecule has 1 aliphatic heterocycles. The number of furan rings is 1. The lowest BCUT2D eigenvalue weighted by Crippen LogP contribution is -2.38. The fraction of sp³-hybridized carbons (Fsp3) is 0.261. The minimum atomic E-state index is -0.924. The van der Waals surface area contributed by atoms with Crippen LogP contribution in [0.25, 0.3) is 0 Å². The quantitative estimate of drug-likeness (QED) is 0.605. The van der Waals surface area contributed by atoms with Crippen molar-refractivity contribution in [2.45, 2.75) is 25.7 Å². The number of carboxylic acids is 1. The number of aryl methyl sites for hydroxylation is 1. The van der Waals surface area contributed by atoms with Gasteiger partial charge in [0, 0.05) is 13.1 Å². The maximum Gasteiger partial charge on any atom is 0.335 e. The van der Waals surface area contributed by atoms with E-state index in [1.807, 2.05) is 19.1 Å². The Kier molecular flexibility index (Phi) is 5.90. The molecule has 0 atom stereocenters. The van der Waals surface area contributed by atoms with Crippen LogP contribution in [0, 0.1) is 6.92 Å². The summed E-state index contributed by atoms with van der Waals surface area (Å²) in [6.45, 7) is 2.97. The summed E-state index contributed by atoms with van der Waals surface area (Å²) >= 11 is 1.25. The topological polar surface area (TPSA) is 99.9 Å². The minimum Gasteiger partial charge on any atom is -0.478 e. The summed E-state index contributed by atoms with van der Waals surface area (Å²) < 4.78 is 5.10. The summed E-state index contributed by atoms with van der Waals surface area (Å²) in [6, 6.07) is 12.1. The van der Waals surface area contributed by atoms with Crippen LogP contribution < -0.4 is 5.32 Å². The zero-order chi connectivity index (χ0) is 22.0. The first kappa shape index (κ1) is 20.9. The number of hydrogen-bond donors (Lipinski definition) is 2. The Morgan fingerprint density at radius 2 is 1.87 bits per heavy atom. The number of nitrogens with one attached hydrogen (secondary N) is 1. The molecule has 31 heavy (non-hydrogen) atoms. The number of benzene rings is 1. The number of thiophene rings is 1. The van der Waals surface area contributed by atoms with Gasteiger partial charge in [0.25, 0.3) is 11.8 Å². The molecule has 0 unspecified atom stereocenters. The van der Waals surface area contributed by atoms with Crippen LogP contribution in [0.5, 0.6) is 0 Å². The predicted octanol–water partition coefficient (Wildman–Crippen LogP) is 4.62. The monoisotopic (exact) mass is 438 g/mol. The van der Waals surface area contributed by atoms with Gasteiger partial charge in [0.05, 0.1) is 21.7 Å². The highest BCUT2D eigenvalue weighted by Crippen LogP contribution is 2.33. The van der Waals surface area contributed by atoms with Crippen molar-refractivity contribution in [2.24, 2.45) is 0 Å². The van der Waals surface area contributed by atoms with Crippen LogP contribution in [-0.2, 0) is 0 Å². The molecular formula is C23H22N2O5S. The lowest BCUT2D eigenvalue weighted by Gasteiger charge is -2.32. The van der Waals surface area contributed by atoms with Gasteiger partial charge in [0.2, 0.25) is 0 Å². The summed E-state index contributed by atoms with van der Waals surface area (Å²) in [6.07, 6.45) is 2.85. The van der Waals surface area contributed by atoms with Gasteiger partial charge in [-0.15, -0.1) is 11.3 Å². The molecule has 1 aromatic carbocycles. The van der Waals surface area contributed by atoms with Gasteiger partial charge < -0.3 is 19.7 Å². The van der Waals surface area contributed by atoms with Crippen molar-refractivity contribution in [3.05, 3.63) is 76.1 Å². The fourth-order valence-corrected chi connectivity index (χ4v) is 4.96. The number of piperidine rings is 1. The van der Waals surface area contributed by atoms with Crippen molar-refractivity contribution in [3.8, 4) is 0 Å². The zero-order valence-electron chi connectivity index (χ0n) is 17.0. The molecule has 2 amide bonds. The number of carbonyl (C=O) groups excluding carboxylic acids is 2. The minimum absolute atomic E-state index is 0.0639. The van der Waals surface area contributed by atoms with Gasteiger partial charge in [0.15, 0.2) is 5.76 Å². The van der Waals surface area contributed by atoms with Crippen LogP contribution >= 0.6 is 11.3 Å². The number of anilines is 1. The van der Waals surface area contributed by atoms with Crippen LogP contribution in [0.15, 0.2) is 53.1 Å². The summed E-state index contributed by atoms with van der Waals surface area (Å²) in [5, 5.41) is 12.8. The number of likely N-dealkylation sites (tertiary alicyclic amines) is 1. The van der Waals surface area contributed by atoms with Gasteiger partial charge in [-0.2, -0.15) is 0 Å². The molecule has 0 aliphatic carbocycles. The van der Waals surface area contributed by atoms with Gasteiger partial charge in [-0.3, -0.25) is 9.59 Å². The maximum atomic E-state index is 13.1. The second kappa shape index (κ2) is 8.77. The number of rotatable bonds is 5. The molecule has 0 bridgehead atoms. The molecule has 1 aliphatic rings. The molecule has 3 heterocycles. The van der Waals surface area contributed by atoms with Crippen LogP contribution in [0.2, 0.25) is 0 Å². The van der Waals surface area contributed by atoms with E-state index in [1.54, 1.807) is 35.2 Å². The predicted molar refractivity (Wildman–Crippen MR) is 117 cm³/mol. The average molecular weight is 439 g/mol. The summed E-state index contributed by atoms with van der Waals surface area (Å²) in [7, 11) is 0. The van der Waals surface area contributed by atoms with Gasteiger partial charge in [-0.25, -0.2) is 4.79 Å². The molecule has 0 spiro atoms. The van der Waals surface area contributed by atoms with Crippen molar-refractivity contribution >= 4 is 34.1 Å². The summed E-state index contributed by atoms with van der Waals surface area (Å²) in [5.74, 6) is -1.02. The molecule has 2 aromatic heterocycles. The van der Waals surface area contributed by atoms with Crippen LogP contribution in [0.1, 0.15) is 60.5 Å². The highest BCUT2D eigenvalue weighted by atomic mass is 32.1. The lowest BCUT2D eigenvalue weighted by molar-refractivity contribution is 0.0681. The standard InChI is InChI=1S/C23H22N2O5S/c1-14-13-19(24-21(26)18-7-4-12-30-18)31-20(14)22(27)25-10-8-15(9-11-25)16-5-2-3-6-17(16)23(28)29/h2-7,12-13,15H,8-11H2,1H3,(H,24,26)(H,28,29). The zero-order valence-corrected chi connectivity index (χ0v) is 17.8. The molecule has 2 N–H and O–H groups in total. The Morgan fingerprint density at radius 3 is 2.55 bits per heavy atom. The van der Waals surface area contributed by atoms with E-state index in [0.717, 1.165) is 11.1 Å². The Balaban J connectivity index is 1.42. The molecule has 8 heteroatoms. The van der Waals surface area contributed by atoms with Gasteiger partial charge >= 0.3 is 5.97 Å². The molecule has 1 saturated heterocycles. The van der Waals surface area contributed by atoms with Crippen molar-refractivity contribution in [1.82, 2.24) is 4.90 Å². The molecule has 0 saturated carbocycles. The Labute approximate surface area is 183 Å². The van der Waals surface area contributed by atoms with E-state index in [1.165, 1.54) is 17.6 Å². The third-order valence-electron chi connectivity index (χ3n) is 5.51. The van der Waals surface area contributed by atoms with Crippen molar-refractivity contribution in [1.29, 1.82) is 0 Å². The second-order valence-electron chi connectivity index (χ2n) is 7.51. The summed E-state index contributed by atoms with van der Waals surface area (Å²) in [5.41, 5.74) is 1.97. The highest BCUT2D eigenvalue weighted by Gasteiger charge is 2.28. The number of carboxylic acid groups (broad SMARTS) is 1. The highest BCUT2D eigenvalue weighted by molar-refractivity contribution is 7.18. The van der Waals surface area contributed by atoms with Crippen molar-refractivity contribution in [3.63, 3.8) is 0 Å². The molecule has 3 aromatic rings. The third-order valence-corrected chi connectivity index (χ3v) is 6.65. The van der Waals surface area contributed by atoms with Crippen LogP contribution in [-0.4, -0.2) is 40.9 Å². The van der Waals surface area contributed by atoms with Crippen molar-refractivity contribution < 1.29 is 23.9 Å². The number of carbonyl (C=O) groups is 3. The number of nitrogens with zero attached hydrogens (tertiary/aromatic N) is 1. The normalized spacial score (nSPS) is 14.4. The number of aromatic carboxylic acids is 1. The first-order chi connectivity index (χ1) is 14.9.